The lowest BCUT2D eigenvalue weighted by Crippen LogP contribution is -2.44. The molecule has 3 atom stereocenters. The topological polar surface area (TPSA) is 49.9 Å². The van der Waals surface area contributed by atoms with Crippen molar-refractivity contribution in [1.29, 1.82) is 0 Å². The molecule has 2 saturated heterocycles. The average molecular weight is 306 g/mol. The first-order valence-corrected chi connectivity index (χ1v) is 8.27. The summed E-state index contributed by atoms with van der Waals surface area (Å²) in [5.41, 5.74) is -0.272. The van der Waals surface area contributed by atoms with Crippen molar-refractivity contribution in [2.75, 3.05) is 39.9 Å². The van der Waals surface area contributed by atoms with Crippen molar-refractivity contribution in [2.45, 2.75) is 26.2 Å². The van der Waals surface area contributed by atoms with Crippen LogP contribution in [0, 0.1) is 17.3 Å². The highest BCUT2D eigenvalue weighted by Gasteiger charge is 2.49. The Bertz CT molecular complexity index is 490. The van der Waals surface area contributed by atoms with Crippen LogP contribution in [0.1, 0.15) is 26.2 Å². The van der Waals surface area contributed by atoms with Gasteiger partial charge in [0.2, 0.25) is 11.8 Å². The lowest BCUT2D eigenvalue weighted by Gasteiger charge is -2.34. The summed E-state index contributed by atoms with van der Waals surface area (Å²) >= 11 is 0. The minimum absolute atomic E-state index is 0.00328. The van der Waals surface area contributed by atoms with Crippen molar-refractivity contribution in [2.24, 2.45) is 17.3 Å². The molecule has 0 bridgehead atoms. The number of carbonyl (C=O) groups excluding carboxylic acids is 2. The maximum absolute atomic E-state index is 12.9. The van der Waals surface area contributed by atoms with E-state index in [4.69, 9.17) is 4.74 Å². The molecule has 22 heavy (non-hydrogen) atoms. The number of amides is 2. The Morgan fingerprint density at radius 2 is 2.18 bits per heavy atom. The van der Waals surface area contributed by atoms with Gasteiger partial charge in [-0.25, -0.2) is 0 Å². The number of ether oxygens (including phenoxy) is 1. The van der Waals surface area contributed by atoms with Gasteiger partial charge in [0.1, 0.15) is 0 Å². The van der Waals surface area contributed by atoms with Crippen molar-refractivity contribution >= 4 is 11.8 Å². The number of likely N-dealkylation sites (tertiary alicyclic amines) is 2. The number of hydrogen-bond acceptors (Lipinski definition) is 3. The van der Waals surface area contributed by atoms with Crippen molar-refractivity contribution < 1.29 is 14.3 Å². The smallest absolute Gasteiger partial charge is 0.228 e. The third-order valence-electron chi connectivity index (χ3n) is 5.49. The summed E-state index contributed by atoms with van der Waals surface area (Å²) in [6.07, 6.45) is 7.00. The molecule has 3 aliphatic rings. The van der Waals surface area contributed by atoms with Gasteiger partial charge in [-0.1, -0.05) is 19.1 Å². The number of hydrogen-bond donors (Lipinski definition) is 0. The first-order valence-electron chi connectivity index (χ1n) is 8.27. The van der Waals surface area contributed by atoms with Gasteiger partial charge in [0.25, 0.3) is 0 Å². The van der Waals surface area contributed by atoms with Gasteiger partial charge in [-0.05, 0) is 19.3 Å². The van der Waals surface area contributed by atoms with Crippen molar-refractivity contribution in [3.63, 3.8) is 0 Å². The van der Waals surface area contributed by atoms with Crippen molar-refractivity contribution in [3.8, 4) is 0 Å². The molecule has 0 saturated carbocycles. The lowest BCUT2D eigenvalue weighted by molar-refractivity contribution is -0.141. The minimum atomic E-state index is -0.272. The number of methoxy groups -OCH3 is 1. The molecule has 0 radical (unpaired) electrons. The van der Waals surface area contributed by atoms with Gasteiger partial charge < -0.3 is 14.5 Å². The molecule has 0 aromatic rings. The van der Waals surface area contributed by atoms with E-state index in [-0.39, 0.29) is 23.1 Å². The Hall–Kier alpha value is -1.36. The zero-order valence-corrected chi connectivity index (χ0v) is 13.6. The van der Waals surface area contributed by atoms with Gasteiger partial charge in [-0.3, -0.25) is 9.59 Å². The van der Waals surface area contributed by atoms with Gasteiger partial charge in [0.05, 0.1) is 17.9 Å². The molecule has 0 aromatic heterocycles. The highest BCUT2D eigenvalue weighted by atomic mass is 16.5. The molecular formula is C17H26N2O3. The Labute approximate surface area is 132 Å². The van der Waals surface area contributed by atoms with Gasteiger partial charge in [-0.2, -0.15) is 0 Å². The number of nitrogens with zero attached hydrogens (tertiary/aromatic N) is 2. The Morgan fingerprint density at radius 3 is 2.82 bits per heavy atom. The normalized spacial score (nSPS) is 34.4. The molecule has 1 unspecified atom stereocenters. The summed E-state index contributed by atoms with van der Waals surface area (Å²) in [5.74, 6) is 0.744. The third kappa shape index (κ3) is 2.67. The van der Waals surface area contributed by atoms with Crippen LogP contribution in [0.25, 0.3) is 0 Å². The molecule has 2 amide bonds. The second-order valence-corrected chi connectivity index (χ2v) is 7.13. The van der Waals surface area contributed by atoms with Crippen LogP contribution in [0.15, 0.2) is 12.2 Å². The number of fused-ring (bicyclic) bond motifs is 1. The Morgan fingerprint density at radius 1 is 1.36 bits per heavy atom. The van der Waals surface area contributed by atoms with Crippen LogP contribution in [0.2, 0.25) is 0 Å². The summed E-state index contributed by atoms with van der Waals surface area (Å²) in [7, 11) is 1.65. The summed E-state index contributed by atoms with van der Waals surface area (Å²) in [5, 5.41) is 0. The molecule has 0 spiro atoms. The highest BCUT2D eigenvalue weighted by Crippen LogP contribution is 2.38. The summed E-state index contributed by atoms with van der Waals surface area (Å²) in [4.78, 5) is 29.1. The van der Waals surface area contributed by atoms with E-state index in [1.165, 1.54) is 0 Å². The first kappa shape index (κ1) is 15.5. The molecule has 5 nitrogen and oxygen atoms in total. The van der Waals surface area contributed by atoms with Crippen LogP contribution in [0.5, 0.6) is 0 Å². The van der Waals surface area contributed by atoms with Crippen LogP contribution in [-0.4, -0.2) is 61.5 Å². The van der Waals surface area contributed by atoms with Gasteiger partial charge in [0, 0.05) is 39.2 Å². The van der Waals surface area contributed by atoms with Gasteiger partial charge in [0.15, 0.2) is 0 Å². The second-order valence-electron chi connectivity index (χ2n) is 7.13. The first-order chi connectivity index (χ1) is 10.5. The van der Waals surface area contributed by atoms with Crippen LogP contribution in [0.4, 0.5) is 0 Å². The fraction of sp³-hybridized carbons (Fsp3) is 0.765. The standard InChI is InChI=1S/C17H26N2O3/c1-17(6-4-3-5-7-17)16(21)19-11-13-10-18(8-9-22-2)15(20)14(13)12-19/h3-4,13-14H,5-12H2,1-2H3/t13-,14+,17?/m1/s1. The van der Waals surface area contributed by atoms with Crippen molar-refractivity contribution in [3.05, 3.63) is 12.2 Å². The SMILES string of the molecule is COCCN1C[C@@H]2CN(C(=O)C3(C)CC=CCC3)C[C@@H]2C1=O. The van der Waals surface area contributed by atoms with Gasteiger partial charge in [-0.15, -0.1) is 0 Å². The largest absolute Gasteiger partial charge is 0.383 e. The average Bonchev–Trinajstić information content (AvgIpc) is 3.05. The Kier molecular flexibility index (Phi) is 4.26. The molecular weight excluding hydrogens is 280 g/mol. The predicted molar refractivity (Wildman–Crippen MR) is 83.1 cm³/mol. The second kappa shape index (κ2) is 6.03. The van der Waals surface area contributed by atoms with Crippen molar-refractivity contribution in [1.82, 2.24) is 9.80 Å². The van der Waals surface area contributed by atoms with Gasteiger partial charge >= 0.3 is 0 Å². The fourth-order valence-corrected chi connectivity index (χ4v) is 4.05. The molecule has 2 fully saturated rings. The van der Waals surface area contributed by atoms with E-state index in [1.807, 2.05) is 9.80 Å². The highest BCUT2D eigenvalue weighted by molar-refractivity contribution is 5.86. The minimum Gasteiger partial charge on any atom is -0.383 e. The molecule has 2 heterocycles. The van der Waals surface area contributed by atoms with E-state index < -0.39 is 0 Å². The zero-order chi connectivity index (χ0) is 15.7. The molecule has 0 aromatic carbocycles. The van der Waals surface area contributed by atoms with Crippen LogP contribution >= 0.6 is 0 Å². The monoisotopic (exact) mass is 306 g/mol. The molecule has 122 valence electrons. The molecule has 5 heteroatoms. The molecule has 0 N–H and O–H groups in total. The predicted octanol–water partition coefficient (Wildman–Crippen LogP) is 1.30. The number of carbonyl (C=O) groups is 2. The summed E-state index contributed by atoms with van der Waals surface area (Å²) < 4.78 is 5.06. The van der Waals surface area contributed by atoms with E-state index >= 15 is 0 Å². The number of rotatable bonds is 4. The molecule has 2 aliphatic heterocycles. The van der Waals surface area contributed by atoms with E-state index in [0.717, 1.165) is 32.4 Å². The fourth-order valence-electron chi connectivity index (χ4n) is 4.05. The quantitative estimate of drug-likeness (QED) is 0.736. The summed E-state index contributed by atoms with van der Waals surface area (Å²) in [6.45, 7) is 5.42. The zero-order valence-electron chi connectivity index (χ0n) is 13.6. The maximum Gasteiger partial charge on any atom is 0.228 e. The lowest BCUT2D eigenvalue weighted by atomic mass is 9.78. The van der Waals surface area contributed by atoms with E-state index in [1.54, 1.807) is 7.11 Å². The van der Waals surface area contributed by atoms with Crippen LogP contribution in [-0.2, 0) is 14.3 Å². The molecule has 3 rings (SSSR count). The van der Waals surface area contributed by atoms with E-state index in [9.17, 15) is 9.59 Å². The third-order valence-corrected chi connectivity index (χ3v) is 5.49. The number of allylic oxidation sites excluding steroid dienone is 2. The summed E-state index contributed by atoms with van der Waals surface area (Å²) in [6, 6.07) is 0. The van der Waals surface area contributed by atoms with E-state index in [0.29, 0.717) is 25.6 Å². The maximum atomic E-state index is 12.9. The molecule has 1 aliphatic carbocycles. The Balaban J connectivity index is 1.61. The van der Waals surface area contributed by atoms with E-state index in [2.05, 4.69) is 19.1 Å². The van der Waals surface area contributed by atoms with Crippen LogP contribution in [0.3, 0.4) is 0 Å². The van der Waals surface area contributed by atoms with Crippen LogP contribution < -0.4 is 0 Å².